The Balaban J connectivity index is 1.58. The standard InChI is InChI=1S/C20H17N7O8S/c1-2-35-16-6-3-11(7-15(16)28)10-21-23-17(29)9-18-24-25-20(36-18)22-19(30)13-5-4-12(26(31)32)8-14(13)27(33)34/h3-8,10,28H,2,9H2,1H3,(H,23,29)(H,22,25,30)/b21-10-. The second kappa shape index (κ2) is 11.4. The lowest BCUT2D eigenvalue weighted by Gasteiger charge is -2.05. The molecule has 0 unspecified atom stereocenters. The Morgan fingerprint density at radius 3 is 2.61 bits per heavy atom. The Kier molecular flexibility index (Phi) is 8.14. The number of aromatic hydroxyl groups is 1. The number of hydrazone groups is 1. The van der Waals surface area contributed by atoms with Crippen LogP contribution in [0.4, 0.5) is 16.5 Å². The van der Waals surface area contributed by atoms with Crippen LogP contribution in [0.15, 0.2) is 41.5 Å². The fourth-order valence-electron chi connectivity index (χ4n) is 2.76. The molecule has 0 radical (unpaired) electrons. The summed E-state index contributed by atoms with van der Waals surface area (Å²) in [6, 6.07) is 7.21. The zero-order valence-corrected chi connectivity index (χ0v) is 19.2. The van der Waals surface area contributed by atoms with Gasteiger partial charge in [0.25, 0.3) is 17.3 Å². The molecule has 0 fully saturated rings. The highest BCUT2D eigenvalue weighted by atomic mass is 32.1. The van der Waals surface area contributed by atoms with Crippen molar-refractivity contribution in [2.45, 2.75) is 13.3 Å². The Morgan fingerprint density at radius 1 is 1.17 bits per heavy atom. The van der Waals surface area contributed by atoms with Crippen molar-refractivity contribution in [1.82, 2.24) is 15.6 Å². The molecule has 186 valence electrons. The maximum Gasteiger partial charge on any atom is 0.289 e. The van der Waals surface area contributed by atoms with E-state index in [2.05, 4.69) is 26.0 Å². The van der Waals surface area contributed by atoms with Crippen LogP contribution in [0.5, 0.6) is 11.5 Å². The average molecular weight is 515 g/mol. The highest BCUT2D eigenvalue weighted by Gasteiger charge is 2.25. The van der Waals surface area contributed by atoms with Gasteiger partial charge in [0.1, 0.15) is 10.6 Å². The minimum atomic E-state index is -0.924. The van der Waals surface area contributed by atoms with Gasteiger partial charge in [0.05, 0.1) is 35.2 Å². The van der Waals surface area contributed by atoms with Crippen LogP contribution in [0.2, 0.25) is 0 Å². The molecule has 0 atom stereocenters. The Morgan fingerprint density at radius 2 is 1.94 bits per heavy atom. The summed E-state index contributed by atoms with van der Waals surface area (Å²) in [5, 5.41) is 45.7. The molecule has 3 N–H and O–H groups in total. The largest absolute Gasteiger partial charge is 0.504 e. The van der Waals surface area contributed by atoms with Gasteiger partial charge in [-0.05, 0) is 36.8 Å². The van der Waals surface area contributed by atoms with E-state index in [0.29, 0.717) is 24.0 Å². The van der Waals surface area contributed by atoms with Gasteiger partial charge in [0.15, 0.2) is 11.5 Å². The molecular weight excluding hydrogens is 498 g/mol. The number of anilines is 1. The molecule has 0 saturated carbocycles. The predicted octanol–water partition coefficient (Wildman–Crippen LogP) is 2.40. The van der Waals surface area contributed by atoms with Crippen molar-refractivity contribution in [2.24, 2.45) is 5.10 Å². The third-order valence-electron chi connectivity index (χ3n) is 4.32. The molecule has 0 aliphatic rings. The van der Waals surface area contributed by atoms with Crippen LogP contribution in [0.3, 0.4) is 0 Å². The molecule has 3 rings (SSSR count). The van der Waals surface area contributed by atoms with Gasteiger partial charge < -0.3 is 9.84 Å². The molecule has 16 heteroatoms. The number of rotatable bonds is 10. The van der Waals surface area contributed by atoms with Crippen LogP contribution in [0.1, 0.15) is 27.9 Å². The number of ether oxygens (including phenoxy) is 1. The van der Waals surface area contributed by atoms with Crippen LogP contribution in [0.25, 0.3) is 0 Å². The minimum Gasteiger partial charge on any atom is -0.504 e. The van der Waals surface area contributed by atoms with Crippen molar-refractivity contribution in [3.05, 3.63) is 72.8 Å². The predicted molar refractivity (Wildman–Crippen MR) is 126 cm³/mol. The number of benzene rings is 2. The zero-order chi connectivity index (χ0) is 26.2. The lowest BCUT2D eigenvalue weighted by Crippen LogP contribution is -2.19. The fourth-order valence-corrected chi connectivity index (χ4v) is 3.50. The molecular formula is C20H17N7O8S. The number of hydrogen-bond acceptors (Lipinski definition) is 12. The summed E-state index contributed by atoms with van der Waals surface area (Å²) in [6.07, 6.45) is 1.09. The van der Waals surface area contributed by atoms with E-state index < -0.39 is 38.6 Å². The van der Waals surface area contributed by atoms with E-state index in [1.165, 1.54) is 12.3 Å². The Hall–Kier alpha value is -4.99. The van der Waals surface area contributed by atoms with E-state index in [4.69, 9.17) is 4.74 Å². The maximum atomic E-state index is 12.4. The molecule has 1 aromatic heterocycles. The van der Waals surface area contributed by atoms with E-state index in [9.17, 15) is 34.9 Å². The van der Waals surface area contributed by atoms with Gasteiger partial charge in [-0.3, -0.25) is 35.1 Å². The van der Waals surface area contributed by atoms with Crippen molar-refractivity contribution in [3.63, 3.8) is 0 Å². The van der Waals surface area contributed by atoms with Gasteiger partial charge >= 0.3 is 0 Å². The van der Waals surface area contributed by atoms with Crippen molar-refractivity contribution in [3.8, 4) is 11.5 Å². The van der Waals surface area contributed by atoms with Crippen LogP contribution in [0, 0.1) is 20.2 Å². The number of amides is 2. The summed E-state index contributed by atoms with van der Waals surface area (Å²) >= 11 is 0.853. The van der Waals surface area contributed by atoms with Crippen LogP contribution in [-0.4, -0.2) is 49.8 Å². The van der Waals surface area contributed by atoms with E-state index in [1.54, 1.807) is 19.1 Å². The number of nitro benzene ring substituents is 2. The van der Waals surface area contributed by atoms with E-state index in [1.807, 2.05) is 0 Å². The molecule has 3 aromatic rings. The Bertz CT molecular complexity index is 1360. The van der Waals surface area contributed by atoms with Crippen LogP contribution >= 0.6 is 11.3 Å². The lowest BCUT2D eigenvalue weighted by atomic mass is 10.1. The number of phenolic OH excluding ortho intramolecular Hbond substituents is 1. The lowest BCUT2D eigenvalue weighted by molar-refractivity contribution is -0.394. The van der Waals surface area contributed by atoms with Gasteiger partial charge in [-0.15, -0.1) is 10.2 Å². The molecule has 0 spiro atoms. The number of hydrogen-bond donors (Lipinski definition) is 3. The van der Waals surface area contributed by atoms with Gasteiger partial charge in [0.2, 0.25) is 11.0 Å². The summed E-state index contributed by atoms with van der Waals surface area (Å²) in [4.78, 5) is 44.9. The molecule has 0 saturated heterocycles. The molecule has 2 aromatic carbocycles. The second-order valence-electron chi connectivity index (χ2n) is 6.80. The molecule has 15 nitrogen and oxygen atoms in total. The molecule has 0 aliphatic heterocycles. The highest BCUT2D eigenvalue weighted by Crippen LogP contribution is 2.27. The third-order valence-corrected chi connectivity index (χ3v) is 5.16. The first-order chi connectivity index (χ1) is 17.2. The normalized spacial score (nSPS) is 10.7. The van der Waals surface area contributed by atoms with Gasteiger partial charge in [-0.1, -0.05) is 11.3 Å². The summed E-state index contributed by atoms with van der Waals surface area (Å²) in [5.41, 5.74) is 1.11. The van der Waals surface area contributed by atoms with Gasteiger partial charge in [0, 0.05) is 6.07 Å². The third kappa shape index (κ3) is 6.54. The summed E-state index contributed by atoms with van der Waals surface area (Å²) in [5.74, 6) is -1.22. The monoisotopic (exact) mass is 515 g/mol. The Labute approximate surface area is 205 Å². The molecule has 36 heavy (non-hydrogen) atoms. The number of phenols is 1. The van der Waals surface area contributed by atoms with Crippen molar-refractivity contribution < 1.29 is 29.3 Å². The number of nitrogens with zero attached hydrogens (tertiary/aromatic N) is 5. The van der Waals surface area contributed by atoms with E-state index in [0.717, 1.165) is 23.5 Å². The average Bonchev–Trinajstić information content (AvgIpc) is 3.26. The number of non-ortho nitro benzene ring substituents is 1. The van der Waals surface area contributed by atoms with Crippen LogP contribution < -0.4 is 15.5 Å². The topological polar surface area (TPSA) is 212 Å². The first kappa shape index (κ1) is 25.6. The number of carbonyl (C=O) groups excluding carboxylic acids is 2. The zero-order valence-electron chi connectivity index (χ0n) is 18.4. The van der Waals surface area contributed by atoms with E-state index in [-0.39, 0.29) is 22.3 Å². The fraction of sp³-hybridized carbons (Fsp3) is 0.150. The molecule has 1 heterocycles. The van der Waals surface area contributed by atoms with Crippen molar-refractivity contribution in [1.29, 1.82) is 0 Å². The first-order valence-corrected chi connectivity index (χ1v) is 10.8. The summed E-state index contributed by atoms with van der Waals surface area (Å²) in [6.45, 7) is 2.18. The number of nitrogens with one attached hydrogen (secondary N) is 2. The number of carbonyl (C=O) groups is 2. The first-order valence-electron chi connectivity index (χ1n) is 10.0. The maximum absolute atomic E-state index is 12.4. The van der Waals surface area contributed by atoms with Crippen LogP contribution in [-0.2, 0) is 11.2 Å². The van der Waals surface area contributed by atoms with Crippen molar-refractivity contribution >= 4 is 45.9 Å². The molecule has 0 aliphatic carbocycles. The number of nitro groups is 2. The summed E-state index contributed by atoms with van der Waals surface area (Å²) < 4.78 is 5.22. The molecule has 2 amide bonds. The summed E-state index contributed by atoms with van der Waals surface area (Å²) in [7, 11) is 0. The SMILES string of the molecule is CCOc1ccc(/C=N\NC(=O)Cc2nnc(NC(=O)c3ccc([N+](=O)[O-])cc3[N+](=O)[O-])s2)cc1O. The highest BCUT2D eigenvalue weighted by molar-refractivity contribution is 7.15. The minimum absolute atomic E-state index is 0.0381. The number of aromatic nitrogens is 2. The van der Waals surface area contributed by atoms with Gasteiger partial charge in [-0.2, -0.15) is 5.10 Å². The molecule has 0 bridgehead atoms. The van der Waals surface area contributed by atoms with Crippen molar-refractivity contribution in [2.75, 3.05) is 11.9 Å². The van der Waals surface area contributed by atoms with Gasteiger partial charge in [-0.25, -0.2) is 5.43 Å². The smallest absolute Gasteiger partial charge is 0.289 e. The second-order valence-corrected chi connectivity index (χ2v) is 7.86. The quantitative estimate of drug-likeness (QED) is 0.204. The van der Waals surface area contributed by atoms with E-state index >= 15 is 0 Å².